The second-order valence-electron chi connectivity index (χ2n) is 6.25. The molecule has 1 heterocycles. The number of carbonyl (C=O) groups is 1. The van der Waals surface area contributed by atoms with Crippen LogP contribution in [0.2, 0.25) is 0 Å². The largest absolute Gasteiger partial charge is 0.465 e. The van der Waals surface area contributed by atoms with Gasteiger partial charge < -0.3 is 4.74 Å². The Hall–Kier alpha value is -3.36. The highest BCUT2D eigenvalue weighted by molar-refractivity contribution is 6.03. The molecule has 0 atom stereocenters. The molecule has 0 aliphatic heterocycles. The first-order valence-corrected chi connectivity index (χ1v) is 8.44. The molecule has 0 aliphatic rings. The number of hydrogen-bond acceptors (Lipinski definition) is 3. The molecule has 0 bridgehead atoms. The molecule has 2 aromatic carbocycles. The van der Waals surface area contributed by atoms with Crippen LogP contribution < -0.4 is 0 Å². The number of pyridine rings is 1. The van der Waals surface area contributed by atoms with Crippen molar-refractivity contribution in [1.82, 2.24) is 4.98 Å². The van der Waals surface area contributed by atoms with Gasteiger partial charge in [-0.05, 0) is 35.4 Å². The van der Waals surface area contributed by atoms with Crippen LogP contribution in [-0.4, -0.2) is 18.1 Å². The number of hydrogen-bond donors (Lipinski definition) is 0. The third kappa shape index (κ3) is 4.29. The lowest BCUT2D eigenvalue weighted by molar-refractivity contribution is -0.138. The molecule has 3 aromatic rings. The van der Waals surface area contributed by atoms with Crippen molar-refractivity contribution in [1.29, 1.82) is 0 Å². The molecule has 0 radical (unpaired) electrons. The summed E-state index contributed by atoms with van der Waals surface area (Å²) in [6, 6.07) is 8.18. The van der Waals surface area contributed by atoms with Crippen LogP contribution >= 0.6 is 0 Å². The van der Waals surface area contributed by atoms with E-state index in [1.54, 1.807) is 0 Å². The van der Waals surface area contributed by atoms with E-state index >= 15 is 0 Å². The van der Waals surface area contributed by atoms with Crippen molar-refractivity contribution in [3.05, 3.63) is 77.6 Å². The minimum atomic E-state index is -4.52. The van der Waals surface area contributed by atoms with E-state index in [2.05, 4.69) is 4.98 Å². The average Bonchev–Trinajstić information content (AvgIpc) is 2.71. The number of halogens is 6. The number of rotatable bonds is 3. The number of ether oxygens (including phenoxy) is 1. The van der Waals surface area contributed by atoms with Gasteiger partial charge in [0.2, 0.25) is 0 Å². The first-order valence-electron chi connectivity index (χ1n) is 8.44. The summed E-state index contributed by atoms with van der Waals surface area (Å²) in [4.78, 5) is 16.4. The fraction of sp³-hybridized carbons (Fsp3) is 0.143. The first kappa shape index (κ1) is 21.4. The van der Waals surface area contributed by atoms with Crippen molar-refractivity contribution in [2.45, 2.75) is 12.4 Å². The molecule has 3 rings (SSSR count). The molecule has 0 aliphatic carbocycles. The van der Waals surface area contributed by atoms with Crippen molar-refractivity contribution in [2.75, 3.05) is 7.11 Å². The highest BCUT2D eigenvalue weighted by Crippen LogP contribution is 2.36. The van der Waals surface area contributed by atoms with Crippen LogP contribution in [-0.2, 0) is 17.1 Å². The third-order valence-corrected chi connectivity index (χ3v) is 4.38. The lowest BCUT2D eigenvalue weighted by atomic mass is 9.93. The Morgan fingerprint density at radius 3 is 1.40 bits per heavy atom. The van der Waals surface area contributed by atoms with Gasteiger partial charge in [-0.25, -0.2) is 4.79 Å². The van der Waals surface area contributed by atoms with Crippen molar-refractivity contribution >= 4 is 5.97 Å². The second-order valence-corrected chi connectivity index (χ2v) is 6.25. The van der Waals surface area contributed by atoms with Gasteiger partial charge in [0.25, 0.3) is 0 Å². The molecule has 0 saturated heterocycles. The topological polar surface area (TPSA) is 39.2 Å². The van der Waals surface area contributed by atoms with E-state index in [0.717, 1.165) is 31.4 Å². The lowest BCUT2D eigenvalue weighted by Gasteiger charge is -2.14. The van der Waals surface area contributed by atoms with Gasteiger partial charge in [-0.2, -0.15) is 26.3 Å². The summed E-state index contributed by atoms with van der Waals surface area (Å²) in [6.07, 6.45) is -6.49. The Bertz CT molecular complexity index is 979. The SMILES string of the molecule is COC(=O)c1c(-c2ccc(C(F)(F)F)cc2)cncc1-c1ccc(C(F)(F)F)cc1. The van der Waals surface area contributed by atoms with Crippen molar-refractivity contribution < 1.29 is 35.9 Å². The van der Waals surface area contributed by atoms with E-state index in [0.29, 0.717) is 0 Å². The number of esters is 1. The molecular formula is C21H13F6NO2. The molecule has 30 heavy (non-hydrogen) atoms. The maximum absolute atomic E-state index is 12.8. The zero-order valence-corrected chi connectivity index (χ0v) is 15.3. The quantitative estimate of drug-likeness (QED) is 0.368. The molecule has 0 unspecified atom stereocenters. The number of nitrogens with zero attached hydrogens (tertiary/aromatic N) is 1. The van der Waals surface area contributed by atoms with Gasteiger partial charge in [0, 0.05) is 23.5 Å². The van der Waals surface area contributed by atoms with Crippen molar-refractivity contribution in [3.8, 4) is 22.3 Å². The van der Waals surface area contributed by atoms with Gasteiger partial charge in [-0.15, -0.1) is 0 Å². The maximum Gasteiger partial charge on any atom is 0.416 e. The summed E-state index contributed by atoms with van der Waals surface area (Å²) in [6.45, 7) is 0. The van der Waals surface area contributed by atoms with Crippen molar-refractivity contribution in [3.63, 3.8) is 0 Å². The summed E-state index contributed by atoms with van der Waals surface area (Å²) in [5.41, 5.74) is -0.835. The number of aromatic nitrogens is 1. The standard InChI is InChI=1S/C21H13F6NO2/c1-30-19(29)18-16(12-2-6-14(7-3-12)20(22,23)24)10-28-11-17(18)13-4-8-15(9-5-13)21(25,26)27/h2-11H,1H3. The molecule has 0 amide bonds. The Morgan fingerprint density at radius 1 is 0.733 bits per heavy atom. The van der Waals surface area contributed by atoms with Crippen LogP contribution in [0.3, 0.4) is 0 Å². The predicted octanol–water partition coefficient (Wildman–Crippen LogP) is 6.24. The first-order chi connectivity index (χ1) is 14.0. The molecular weight excluding hydrogens is 412 g/mol. The molecule has 0 fully saturated rings. The highest BCUT2D eigenvalue weighted by atomic mass is 19.4. The Kier molecular flexibility index (Phi) is 5.56. The van der Waals surface area contributed by atoms with E-state index in [9.17, 15) is 31.1 Å². The van der Waals surface area contributed by atoms with E-state index in [1.807, 2.05) is 0 Å². The average molecular weight is 425 g/mol. The van der Waals surface area contributed by atoms with Gasteiger partial charge in [-0.1, -0.05) is 24.3 Å². The number of methoxy groups -OCH3 is 1. The minimum Gasteiger partial charge on any atom is -0.465 e. The predicted molar refractivity (Wildman–Crippen MR) is 96.5 cm³/mol. The fourth-order valence-electron chi connectivity index (χ4n) is 2.90. The number of carbonyl (C=O) groups excluding carboxylic acids is 1. The van der Waals surface area contributed by atoms with Crippen LogP contribution in [0, 0.1) is 0 Å². The summed E-state index contributed by atoms with van der Waals surface area (Å²) in [7, 11) is 1.12. The Labute approximate surface area is 166 Å². The molecule has 9 heteroatoms. The lowest BCUT2D eigenvalue weighted by Crippen LogP contribution is -2.08. The summed E-state index contributed by atoms with van der Waals surface area (Å²) in [5.74, 6) is -0.804. The van der Waals surface area contributed by atoms with Crippen LogP contribution in [0.5, 0.6) is 0 Å². The number of alkyl halides is 6. The number of benzene rings is 2. The monoisotopic (exact) mass is 425 g/mol. The Balaban J connectivity index is 2.14. The zero-order valence-electron chi connectivity index (χ0n) is 15.3. The normalized spacial score (nSPS) is 12.0. The van der Waals surface area contributed by atoms with Gasteiger partial charge in [0.05, 0.1) is 23.8 Å². The minimum absolute atomic E-state index is 0.0213. The molecule has 1 aromatic heterocycles. The molecule has 3 nitrogen and oxygen atoms in total. The van der Waals surface area contributed by atoms with E-state index in [-0.39, 0.29) is 27.8 Å². The summed E-state index contributed by atoms with van der Waals surface area (Å²) >= 11 is 0. The van der Waals surface area contributed by atoms with Gasteiger partial charge >= 0.3 is 18.3 Å². The molecule has 0 saturated carbocycles. The van der Waals surface area contributed by atoms with Gasteiger partial charge in [-0.3, -0.25) is 4.98 Å². The summed E-state index contributed by atoms with van der Waals surface area (Å²) < 4.78 is 81.7. The third-order valence-electron chi connectivity index (χ3n) is 4.38. The highest BCUT2D eigenvalue weighted by Gasteiger charge is 2.31. The second kappa shape index (κ2) is 7.81. The van der Waals surface area contributed by atoms with E-state index in [1.165, 1.54) is 36.7 Å². The Morgan fingerprint density at radius 2 is 1.10 bits per heavy atom. The molecule has 0 N–H and O–H groups in total. The smallest absolute Gasteiger partial charge is 0.416 e. The molecule has 156 valence electrons. The van der Waals surface area contributed by atoms with E-state index in [4.69, 9.17) is 4.74 Å². The van der Waals surface area contributed by atoms with Crippen LogP contribution in [0.4, 0.5) is 26.3 Å². The zero-order chi connectivity index (χ0) is 22.1. The fourth-order valence-corrected chi connectivity index (χ4v) is 2.90. The maximum atomic E-state index is 12.8. The molecule has 0 spiro atoms. The van der Waals surface area contributed by atoms with E-state index < -0.39 is 29.4 Å². The summed E-state index contributed by atoms with van der Waals surface area (Å²) in [5, 5.41) is 0. The van der Waals surface area contributed by atoms with Crippen molar-refractivity contribution in [2.24, 2.45) is 0 Å². The van der Waals surface area contributed by atoms with Crippen LogP contribution in [0.25, 0.3) is 22.3 Å². The van der Waals surface area contributed by atoms with Gasteiger partial charge in [0.1, 0.15) is 0 Å². The van der Waals surface area contributed by atoms with Gasteiger partial charge in [0.15, 0.2) is 0 Å². The van der Waals surface area contributed by atoms with Crippen LogP contribution in [0.1, 0.15) is 21.5 Å². The van der Waals surface area contributed by atoms with Crippen LogP contribution in [0.15, 0.2) is 60.9 Å².